The van der Waals surface area contributed by atoms with Crippen molar-refractivity contribution < 1.29 is 23.1 Å². The summed E-state index contributed by atoms with van der Waals surface area (Å²) in [6.45, 7) is 1.66. The van der Waals surface area contributed by atoms with Gasteiger partial charge in [0.2, 0.25) is 0 Å². The molecule has 1 N–H and O–H groups in total. The molecule has 23 heavy (non-hydrogen) atoms. The van der Waals surface area contributed by atoms with Crippen LogP contribution in [-0.4, -0.2) is 40.8 Å². The van der Waals surface area contributed by atoms with E-state index in [1.165, 1.54) is 16.2 Å². The van der Waals surface area contributed by atoms with Crippen molar-refractivity contribution in [3.05, 3.63) is 34.7 Å². The Morgan fingerprint density at radius 1 is 1.26 bits per heavy atom. The lowest BCUT2D eigenvalue weighted by Gasteiger charge is -2.39. The van der Waals surface area contributed by atoms with Crippen molar-refractivity contribution >= 4 is 27.3 Å². The second-order valence-electron chi connectivity index (χ2n) is 5.87. The first kappa shape index (κ1) is 16.3. The van der Waals surface area contributed by atoms with Gasteiger partial charge in [0.15, 0.2) is 5.60 Å². The van der Waals surface area contributed by atoms with E-state index < -0.39 is 24.6 Å². The van der Waals surface area contributed by atoms with Gasteiger partial charge in [-0.15, -0.1) is 11.3 Å². The third-order valence-corrected chi connectivity index (χ3v) is 5.70. The summed E-state index contributed by atoms with van der Waals surface area (Å²) in [6, 6.07) is 7.62. The Morgan fingerprint density at radius 3 is 2.43 bits per heavy atom. The number of aliphatic hydroxyl groups is 1. The lowest BCUT2D eigenvalue weighted by Crippen LogP contribution is -2.54. The average molecular weight is 343 g/mol. The van der Waals surface area contributed by atoms with Gasteiger partial charge in [0, 0.05) is 30.6 Å². The molecule has 0 aliphatic carbocycles. The van der Waals surface area contributed by atoms with E-state index in [9.17, 15) is 23.1 Å². The first-order valence-corrected chi connectivity index (χ1v) is 8.11. The fraction of sp³-hybridized carbons (Fsp3) is 0.438. The van der Waals surface area contributed by atoms with E-state index in [-0.39, 0.29) is 19.0 Å². The van der Waals surface area contributed by atoms with Crippen LogP contribution in [0.3, 0.4) is 0 Å². The number of carbonyl (C=O) groups is 1. The van der Waals surface area contributed by atoms with E-state index >= 15 is 0 Å². The van der Waals surface area contributed by atoms with E-state index in [4.69, 9.17) is 0 Å². The van der Waals surface area contributed by atoms with Gasteiger partial charge in [-0.05, 0) is 23.9 Å². The zero-order valence-corrected chi connectivity index (χ0v) is 13.3. The third-order valence-electron chi connectivity index (χ3n) is 4.44. The van der Waals surface area contributed by atoms with Gasteiger partial charge >= 0.3 is 6.18 Å². The molecule has 1 aliphatic heterocycles. The molecule has 2 heterocycles. The number of benzene rings is 1. The second-order valence-corrected chi connectivity index (χ2v) is 6.93. The zero-order valence-electron chi connectivity index (χ0n) is 12.5. The molecule has 1 saturated heterocycles. The summed E-state index contributed by atoms with van der Waals surface area (Å²) in [7, 11) is 0. The van der Waals surface area contributed by atoms with E-state index in [2.05, 4.69) is 0 Å². The SMILES string of the molecule is Cc1c(C(=O)N2CCC(O)(C(F)(F)F)CC2)sc2ccccc12. The lowest BCUT2D eigenvalue weighted by atomic mass is 9.90. The van der Waals surface area contributed by atoms with Crippen LogP contribution in [-0.2, 0) is 0 Å². The molecule has 0 spiro atoms. The van der Waals surface area contributed by atoms with Crippen LogP contribution in [0, 0.1) is 6.92 Å². The van der Waals surface area contributed by atoms with Crippen molar-refractivity contribution in [3.63, 3.8) is 0 Å². The Labute approximate surface area is 135 Å². The molecule has 3 nitrogen and oxygen atoms in total. The molecule has 0 unspecified atom stereocenters. The number of piperidine rings is 1. The highest BCUT2D eigenvalue weighted by Crippen LogP contribution is 2.39. The number of nitrogens with zero attached hydrogens (tertiary/aromatic N) is 1. The molecule has 0 atom stereocenters. The summed E-state index contributed by atoms with van der Waals surface area (Å²) < 4.78 is 39.5. The number of hydrogen-bond acceptors (Lipinski definition) is 3. The van der Waals surface area contributed by atoms with Gasteiger partial charge in [0.25, 0.3) is 5.91 Å². The molecule has 0 saturated carbocycles. The molecule has 124 valence electrons. The number of thiophene rings is 1. The van der Waals surface area contributed by atoms with Gasteiger partial charge in [0.05, 0.1) is 4.88 Å². The molecule has 1 aromatic heterocycles. The first-order valence-electron chi connectivity index (χ1n) is 7.29. The van der Waals surface area contributed by atoms with Crippen LogP contribution in [0.4, 0.5) is 13.2 Å². The van der Waals surface area contributed by atoms with E-state index in [1.54, 1.807) is 0 Å². The Bertz CT molecular complexity index is 745. The summed E-state index contributed by atoms with van der Waals surface area (Å²) >= 11 is 1.36. The van der Waals surface area contributed by atoms with E-state index in [1.807, 2.05) is 31.2 Å². The van der Waals surface area contributed by atoms with Crippen molar-refractivity contribution in [1.82, 2.24) is 4.90 Å². The van der Waals surface area contributed by atoms with Crippen molar-refractivity contribution in [3.8, 4) is 0 Å². The van der Waals surface area contributed by atoms with E-state index in [0.717, 1.165) is 15.6 Å². The number of hydrogen-bond donors (Lipinski definition) is 1. The molecule has 7 heteroatoms. The Morgan fingerprint density at radius 2 is 1.87 bits per heavy atom. The third kappa shape index (κ3) is 2.72. The molecule has 0 bridgehead atoms. The van der Waals surface area contributed by atoms with E-state index in [0.29, 0.717) is 4.88 Å². The fourth-order valence-corrected chi connectivity index (χ4v) is 4.06. The molecule has 0 radical (unpaired) electrons. The number of carbonyl (C=O) groups excluding carboxylic acids is 1. The summed E-state index contributed by atoms with van der Waals surface area (Å²) in [5.74, 6) is -0.257. The molecular formula is C16H16F3NO2S. The normalized spacial score (nSPS) is 18.4. The highest BCUT2D eigenvalue weighted by atomic mass is 32.1. The predicted octanol–water partition coefficient (Wildman–Crippen LogP) is 3.74. The minimum absolute atomic E-state index is 0.0947. The Kier molecular flexibility index (Phi) is 3.88. The molecule has 1 aliphatic rings. The minimum atomic E-state index is -4.66. The summed E-state index contributed by atoms with van der Waals surface area (Å²) in [6.07, 6.45) is -5.62. The van der Waals surface area contributed by atoms with Crippen molar-refractivity contribution in [2.75, 3.05) is 13.1 Å². The van der Waals surface area contributed by atoms with Crippen LogP contribution in [0.2, 0.25) is 0 Å². The molecular weight excluding hydrogens is 327 g/mol. The number of alkyl halides is 3. The quantitative estimate of drug-likeness (QED) is 0.857. The van der Waals surface area contributed by atoms with Crippen molar-refractivity contribution in [2.45, 2.75) is 31.5 Å². The summed E-state index contributed by atoms with van der Waals surface area (Å²) in [5.41, 5.74) is -1.83. The zero-order chi connectivity index (χ0) is 16.8. The minimum Gasteiger partial charge on any atom is -0.380 e. The lowest BCUT2D eigenvalue weighted by molar-refractivity contribution is -0.271. The maximum atomic E-state index is 12.8. The standard InChI is InChI=1S/C16H16F3NO2S/c1-10-11-4-2-3-5-12(11)23-13(10)14(21)20-8-6-15(22,7-9-20)16(17,18)19/h2-5,22H,6-9H2,1H3. The smallest absolute Gasteiger partial charge is 0.380 e. The van der Waals surface area contributed by atoms with Crippen molar-refractivity contribution in [1.29, 1.82) is 0 Å². The summed E-state index contributed by atoms with van der Waals surface area (Å²) in [5, 5.41) is 10.7. The first-order chi connectivity index (χ1) is 10.7. The molecule has 1 amide bonds. The monoisotopic (exact) mass is 343 g/mol. The number of fused-ring (bicyclic) bond motifs is 1. The van der Waals surface area contributed by atoms with Crippen LogP contribution in [0.25, 0.3) is 10.1 Å². The van der Waals surface area contributed by atoms with Gasteiger partial charge in [-0.3, -0.25) is 4.79 Å². The van der Waals surface area contributed by atoms with Crippen LogP contribution >= 0.6 is 11.3 Å². The van der Waals surface area contributed by atoms with Gasteiger partial charge in [-0.25, -0.2) is 0 Å². The number of likely N-dealkylation sites (tertiary alicyclic amines) is 1. The highest BCUT2D eigenvalue weighted by Gasteiger charge is 2.55. The number of amides is 1. The predicted molar refractivity (Wildman–Crippen MR) is 82.7 cm³/mol. The topological polar surface area (TPSA) is 40.5 Å². The van der Waals surface area contributed by atoms with Gasteiger partial charge in [-0.1, -0.05) is 18.2 Å². The average Bonchev–Trinajstić information content (AvgIpc) is 2.84. The second kappa shape index (κ2) is 5.49. The molecule has 1 fully saturated rings. The maximum Gasteiger partial charge on any atom is 0.417 e. The number of rotatable bonds is 1. The number of aryl methyl sites for hydroxylation is 1. The summed E-state index contributed by atoms with van der Waals surface area (Å²) in [4.78, 5) is 14.6. The van der Waals surface area contributed by atoms with Gasteiger partial charge < -0.3 is 10.0 Å². The van der Waals surface area contributed by atoms with Crippen LogP contribution in [0.15, 0.2) is 24.3 Å². The Balaban J connectivity index is 1.81. The van der Waals surface area contributed by atoms with Gasteiger partial charge in [-0.2, -0.15) is 13.2 Å². The Hall–Kier alpha value is -1.60. The molecule has 1 aromatic carbocycles. The fourth-order valence-electron chi connectivity index (χ4n) is 2.89. The van der Waals surface area contributed by atoms with Crippen molar-refractivity contribution in [2.24, 2.45) is 0 Å². The van der Waals surface area contributed by atoms with Crippen LogP contribution in [0.1, 0.15) is 28.1 Å². The maximum absolute atomic E-state index is 12.8. The molecule has 2 aromatic rings. The highest BCUT2D eigenvalue weighted by molar-refractivity contribution is 7.21. The van der Waals surface area contributed by atoms with Gasteiger partial charge in [0.1, 0.15) is 0 Å². The van der Waals surface area contributed by atoms with Crippen LogP contribution in [0.5, 0.6) is 0 Å². The largest absolute Gasteiger partial charge is 0.417 e. The number of halogens is 3. The molecule has 3 rings (SSSR count). The van der Waals surface area contributed by atoms with Crippen LogP contribution < -0.4 is 0 Å².